The van der Waals surface area contributed by atoms with E-state index in [4.69, 9.17) is 11.5 Å². The van der Waals surface area contributed by atoms with Crippen LogP contribution in [0.4, 0.5) is 5.69 Å². The number of anilines is 1. The summed E-state index contributed by atoms with van der Waals surface area (Å²) in [6, 6.07) is 0. The Hall–Kier alpha value is -0.680. The number of hydrogen-bond acceptors (Lipinski definition) is 4. The Morgan fingerprint density at radius 1 is 1.73 bits per heavy atom. The second-order valence-electron chi connectivity index (χ2n) is 1.91. The summed E-state index contributed by atoms with van der Waals surface area (Å²) in [5, 5.41) is 1.83. The summed E-state index contributed by atoms with van der Waals surface area (Å²) < 4.78 is 0. The van der Waals surface area contributed by atoms with Crippen molar-refractivity contribution in [1.82, 2.24) is 0 Å². The molecule has 60 valence electrons. The van der Waals surface area contributed by atoms with E-state index in [1.807, 2.05) is 11.6 Å². The number of hydrogen-bond donors (Lipinski definition) is 2. The molecule has 1 aromatic heterocycles. The Bertz CT molecular complexity index is 282. The maximum Gasteiger partial charge on any atom is 0.260 e. The van der Waals surface area contributed by atoms with Crippen molar-refractivity contribution in [3.8, 4) is 0 Å². The Balaban J connectivity index is 3.10. The smallest absolute Gasteiger partial charge is 0.260 e. The lowest BCUT2D eigenvalue weighted by atomic mass is 10.4. The quantitative estimate of drug-likeness (QED) is 0.684. The Morgan fingerprint density at radius 3 is 2.64 bits per heavy atom. The lowest BCUT2D eigenvalue weighted by Gasteiger charge is -1.94. The van der Waals surface area contributed by atoms with Crippen LogP contribution in [0.3, 0.4) is 0 Å². The van der Waals surface area contributed by atoms with Gasteiger partial charge in [-0.2, -0.15) is 0 Å². The highest BCUT2D eigenvalue weighted by atomic mass is 32.2. The first-order valence-corrected chi connectivity index (χ1v) is 4.98. The van der Waals surface area contributed by atoms with Crippen molar-refractivity contribution in [3.63, 3.8) is 0 Å². The van der Waals surface area contributed by atoms with Gasteiger partial charge in [-0.05, 0) is 6.26 Å². The molecule has 0 saturated heterocycles. The molecule has 0 saturated carbocycles. The normalized spacial score (nSPS) is 9.91. The molecule has 3 nitrogen and oxygen atoms in total. The van der Waals surface area contributed by atoms with Crippen molar-refractivity contribution >= 4 is 34.7 Å². The molecular weight excluding hydrogens is 180 g/mol. The summed E-state index contributed by atoms with van der Waals surface area (Å²) >= 11 is 2.80. The van der Waals surface area contributed by atoms with Crippen LogP contribution in [0, 0.1) is 0 Å². The van der Waals surface area contributed by atoms with Gasteiger partial charge in [-0.15, -0.1) is 23.1 Å². The molecule has 0 aromatic carbocycles. The number of rotatable bonds is 2. The van der Waals surface area contributed by atoms with Gasteiger partial charge in [0, 0.05) is 10.3 Å². The number of nitrogen functional groups attached to an aromatic ring is 1. The van der Waals surface area contributed by atoms with Crippen LogP contribution in [0.15, 0.2) is 10.3 Å². The minimum Gasteiger partial charge on any atom is -0.396 e. The number of primary amides is 1. The fourth-order valence-electron chi connectivity index (χ4n) is 0.700. The third-order valence-electron chi connectivity index (χ3n) is 1.24. The van der Waals surface area contributed by atoms with Crippen molar-refractivity contribution in [2.75, 3.05) is 12.0 Å². The monoisotopic (exact) mass is 188 g/mol. The summed E-state index contributed by atoms with van der Waals surface area (Å²) in [5.41, 5.74) is 11.2. The van der Waals surface area contributed by atoms with E-state index >= 15 is 0 Å². The van der Waals surface area contributed by atoms with Crippen LogP contribution in [-0.2, 0) is 0 Å². The topological polar surface area (TPSA) is 69.1 Å². The fourth-order valence-corrected chi connectivity index (χ4v) is 2.32. The second-order valence-corrected chi connectivity index (χ2v) is 3.64. The molecule has 0 aliphatic carbocycles. The highest BCUT2D eigenvalue weighted by Gasteiger charge is 2.11. The molecule has 5 heteroatoms. The average molecular weight is 188 g/mol. The van der Waals surface area contributed by atoms with Gasteiger partial charge in [-0.1, -0.05) is 0 Å². The third kappa shape index (κ3) is 1.49. The van der Waals surface area contributed by atoms with Gasteiger partial charge in [0.2, 0.25) is 0 Å². The molecule has 0 spiro atoms. The van der Waals surface area contributed by atoms with Gasteiger partial charge in [0.05, 0.1) is 5.69 Å². The van der Waals surface area contributed by atoms with Crippen LogP contribution in [-0.4, -0.2) is 12.2 Å². The zero-order chi connectivity index (χ0) is 8.43. The molecule has 1 aromatic rings. The Morgan fingerprint density at radius 2 is 2.36 bits per heavy atom. The number of thiophene rings is 1. The van der Waals surface area contributed by atoms with Gasteiger partial charge in [-0.25, -0.2) is 0 Å². The van der Waals surface area contributed by atoms with Crippen LogP contribution in [0.5, 0.6) is 0 Å². The van der Waals surface area contributed by atoms with Crippen molar-refractivity contribution in [2.45, 2.75) is 4.90 Å². The number of thioether (sulfide) groups is 1. The van der Waals surface area contributed by atoms with Gasteiger partial charge in [0.1, 0.15) is 4.88 Å². The van der Waals surface area contributed by atoms with E-state index < -0.39 is 5.91 Å². The van der Waals surface area contributed by atoms with Crippen LogP contribution >= 0.6 is 23.1 Å². The first-order chi connectivity index (χ1) is 5.16. The van der Waals surface area contributed by atoms with Gasteiger partial charge in [-0.3, -0.25) is 4.79 Å². The largest absolute Gasteiger partial charge is 0.396 e. The number of amides is 1. The van der Waals surface area contributed by atoms with Crippen LogP contribution in [0.1, 0.15) is 9.67 Å². The third-order valence-corrected chi connectivity index (χ3v) is 3.17. The average Bonchev–Trinajstić information content (AvgIpc) is 2.30. The summed E-state index contributed by atoms with van der Waals surface area (Å²) in [7, 11) is 0. The predicted octanol–water partition coefficient (Wildman–Crippen LogP) is 1.15. The van der Waals surface area contributed by atoms with Gasteiger partial charge < -0.3 is 11.5 Å². The number of carbonyl (C=O) groups is 1. The molecule has 1 amide bonds. The molecular formula is C6H8N2OS2. The standard InChI is InChI=1S/C6H8N2OS2/c1-10-3-2-11-5(4(3)7)6(8)9/h2H,7H2,1H3,(H2,8,9). The van der Waals surface area contributed by atoms with E-state index in [0.29, 0.717) is 10.6 Å². The molecule has 0 atom stereocenters. The molecule has 1 heterocycles. The molecule has 0 fully saturated rings. The molecule has 0 aliphatic rings. The van der Waals surface area contributed by atoms with Crippen molar-refractivity contribution in [2.24, 2.45) is 5.73 Å². The van der Waals surface area contributed by atoms with Crippen LogP contribution in [0.25, 0.3) is 0 Å². The SMILES string of the molecule is CSc1csc(C(N)=O)c1N. The molecule has 0 aliphatic heterocycles. The van der Waals surface area contributed by atoms with E-state index in [-0.39, 0.29) is 0 Å². The second kappa shape index (κ2) is 3.15. The molecule has 4 N–H and O–H groups in total. The van der Waals surface area contributed by atoms with Crippen LogP contribution in [0.2, 0.25) is 0 Å². The molecule has 0 bridgehead atoms. The molecule has 1 rings (SSSR count). The van der Waals surface area contributed by atoms with Crippen molar-refractivity contribution < 1.29 is 4.79 Å². The summed E-state index contributed by atoms with van der Waals surface area (Å²) in [6.07, 6.45) is 1.91. The first-order valence-electron chi connectivity index (χ1n) is 2.87. The Labute approximate surface area is 72.8 Å². The number of carbonyl (C=O) groups excluding carboxylic acids is 1. The zero-order valence-electron chi connectivity index (χ0n) is 5.96. The minimum absolute atomic E-state index is 0.451. The lowest BCUT2D eigenvalue weighted by Crippen LogP contribution is -2.10. The predicted molar refractivity (Wildman–Crippen MR) is 49.0 cm³/mol. The van der Waals surface area contributed by atoms with Gasteiger partial charge in [0.15, 0.2) is 0 Å². The van der Waals surface area contributed by atoms with E-state index in [1.54, 1.807) is 0 Å². The molecule has 0 radical (unpaired) electrons. The highest BCUT2D eigenvalue weighted by Crippen LogP contribution is 2.31. The molecule has 0 unspecified atom stereocenters. The lowest BCUT2D eigenvalue weighted by molar-refractivity contribution is 0.100. The maximum absolute atomic E-state index is 10.7. The fraction of sp³-hybridized carbons (Fsp3) is 0.167. The van der Waals surface area contributed by atoms with E-state index in [9.17, 15) is 4.79 Å². The van der Waals surface area contributed by atoms with Crippen molar-refractivity contribution in [1.29, 1.82) is 0 Å². The van der Waals surface area contributed by atoms with Crippen molar-refractivity contribution in [3.05, 3.63) is 10.3 Å². The molecule has 11 heavy (non-hydrogen) atoms. The zero-order valence-corrected chi connectivity index (χ0v) is 7.59. The highest BCUT2D eigenvalue weighted by molar-refractivity contribution is 7.98. The van der Waals surface area contributed by atoms with Gasteiger partial charge in [0.25, 0.3) is 5.91 Å². The Kier molecular flexibility index (Phi) is 2.41. The summed E-state index contributed by atoms with van der Waals surface area (Å²) in [4.78, 5) is 12.1. The summed E-state index contributed by atoms with van der Waals surface area (Å²) in [6.45, 7) is 0. The first kappa shape index (κ1) is 8.42. The van der Waals surface area contributed by atoms with Crippen LogP contribution < -0.4 is 11.5 Å². The minimum atomic E-state index is -0.451. The van der Waals surface area contributed by atoms with E-state index in [0.717, 1.165) is 4.90 Å². The van der Waals surface area contributed by atoms with Gasteiger partial charge >= 0.3 is 0 Å². The summed E-state index contributed by atoms with van der Waals surface area (Å²) in [5.74, 6) is -0.451. The van der Waals surface area contributed by atoms with E-state index in [1.165, 1.54) is 23.1 Å². The van der Waals surface area contributed by atoms with E-state index in [2.05, 4.69) is 0 Å². The number of nitrogens with two attached hydrogens (primary N) is 2. The maximum atomic E-state index is 10.7.